The highest BCUT2D eigenvalue weighted by Crippen LogP contribution is 2.29. The first-order valence-electron chi connectivity index (χ1n) is 10.9. The molecule has 6 nitrogen and oxygen atoms in total. The summed E-state index contributed by atoms with van der Waals surface area (Å²) in [5.41, 5.74) is 1.17. The number of halogens is 1. The van der Waals surface area contributed by atoms with Crippen LogP contribution in [0.25, 0.3) is 0 Å². The van der Waals surface area contributed by atoms with E-state index >= 15 is 0 Å². The van der Waals surface area contributed by atoms with Crippen molar-refractivity contribution in [3.8, 4) is 11.5 Å². The predicted molar refractivity (Wildman–Crippen MR) is 131 cm³/mol. The molecular formula is C25H27ClN2O4S. The Balaban J connectivity index is 1.56. The molecule has 1 heterocycles. The fraction of sp³-hybridized carbons (Fsp3) is 0.280. The summed E-state index contributed by atoms with van der Waals surface area (Å²) in [5.74, 6) is 0.775. The molecule has 0 bridgehead atoms. The summed E-state index contributed by atoms with van der Waals surface area (Å²) in [5, 5.41) is 10.3. The van der Waals surface area contributed by atoms with E-state index in [-0.39, 0.29) is 17.2 Å². The van der Waals surface area contributed by atoms with Crippen LogP contribution in [-0.4, -0.2) is 44.7 Å². The van der Waals surface area contributed by atoms with E-state index in [9.17, 15) is 13.5 Å². The van der Waals surface area contributed by atoms with Gasteiger partial charge in [0, 0.05) is 11.6 Å². The molecule has 0 unspecified atom stereocenters. The molecule has 0 spiro atoms. The summed E-state index contributed by atoms with van der Waals surface area (Å²) < 4.78 is 34.2. The van der Waals surface area contributed by atoms with Crippen LogP contribution in [0.3, 0.4) is 0 Å². The quantitative estimate of drug-likeness (QED) is 0.465. The van der Waals surface area contributed by atoms with E-state index in [1.54, 1.807) is 60.7 Å². The number of aromatic hydroxyl groups is 1. The van der Waals surface area contributed by atoms with E-state index in [1.165, 1.54) is 29.3 Å². The largest absolute Gasteiger partial charge is 0.508 e. The zero-order valence-corrected chi connectivity index (χ0v) is 19.8. The Morgan fingerprint density at radius 3 is 2.33 bits per heavy atom. The number of sulfonamides is 1. The highest BCUT2D eigenvalue weighted by atomic mass is 35.5. The minimum Gasteiger partial charge on any atom is -0.508 e. The molecule has 0 saturated carbocycles. The molecule has 0 aromatic heterocycles. The van der Waals surface area contributed by atoms with Gasteiger partial charge in [0.1, 0.15) is 18.1 Å². The standard InChI is InChI=1S/C25H27ClN2O4S/c26-21-6-12-25(13-7-21)33(30,31)28(19-20-4-3-5-23(29)18-20)22-8-10-24(11-9-22)32-17-16-27-14-1-2-15-27/h3-13,18,29H,1-2,14-17,19H2. The minimum atomic E-state index is -3.88. The number of ether oxygens (including phenoxy) is 1. The molecule has 174 valence electrons. The molecule has 0 atom stereocenters. The van der Waals surface area contributed by atoms with Gasteiger partial charge in [0.25, 0.3) is 10.0 Å². The lowest BCUT2D eigenvalue weighted by molar-refractivity contribution is 0.238. The van der Waals surface area contributed by atoms with Gasteiger partial charge in [-0.05, 0) is 92.2 Å². The van der Waals surface area contributed by atoms with Crippen molar-refractivity contribution in [1.82, 2.24) is 4.90 Å². The number of benzene rings is 3. The monoisotopic (exact) mass is 486 g/mol. The van der Waals surface area contributed by atoms with Gasteiger partial charge in [-0.3, -0.25) is 9.21 Å². The van der Waals surface area contributed by atoms with Crippen molar-refractivity contribution in [2.75, 3.05) is 30.5 Å². The Kier molecular flexibility index (Phi) is 7.42. The Bertz CT molecular complexity index is 1160. The third-order valence-electron chi connectivity index (χ3n) is 5.64. The van der Waals surface area contributed by atoms with Gasteiger partial charge in [-0.1, -0.05) is 23.7 Å². The van der Waals surface area contributed by atoms with Crippen molar-refractivity contribution in [2.24, 2.45) is 0 Å². The van der Waals surface area contributed by atoms with Crippen LogP contribution in [0.4, 0.5) is 5.69 Å². The molecule has 1 N–H and O–H groups in total. The van der Waals surface area contributed by atoms with Crippen molar-refractivity contribution in [3.05, 3.63) is 83.4 Å². The summed E-state index contributed by atoms with van der Waals surface area (Å²) in [4.78, 5) is 2.52. The molecule has 0 radical (unpaired) electrons. The van der Waals surface area contributed by atoms with E-state index in [1.807, 2.05) is 0 Å². The van der Waals surface area contributed by atoms with Crippen LogP contribution in [0.5, 0.6) is 11.5 Å². The second kappa shape index (κ2) is 10.5. The number of phenols is 1. The van der Waals surface area contributed by atoms with Crippen LogP contribution < -0.4 is 9.04 Å². The van der Waals surface area contributed by atoms with E-state index in [0.717, 1.165) is 19.6 Å². The average molecular weight is 487 g/mol. The van der Waals surface area contributed by atoms with Crippen molar-refractivity contribution >= 4 is 27.3 Å². The number of likely N-dealkylation sites (tertiary alicyclic amines) is 1. The Morgan fingerprint density at radius 2 is 1.67 bits per heavy atom. The summed E-state index contributed by atoms with van der Waals surface area (Å²) >= 11 is 5.95. The highest BCUT2D eigenvalue weighted by molar-refractivity contribution is 7.92. The van der Waals surface area contributed by atoms with Crippen LogP contribution >= 0.6 is 11.6 Å². The SMILES string of the molecule is O=S(=O)(c1ccc(Cl)cc1)N(Cc1cccc(O)c1)c1ccc(OCCN2CCCC2)cc1. The van der Waals surface area contributed by atoms with Gasteiger partial charge in [0.05, 0.1) is 17.1 Å². The first-order valence-corrected chi connectivity index (χ1v) is 12.7. The molecule has 1 saturated heterocycles. The van der Waals surface area contributed by atoms with E-state index < -0.39 is 10.0 Å². The molecule has 3 aromatic rings. The maximum Gasteiger partial charge on any atom is 0.264 e. The molecule has 1 fully saturated rings. The zero-order valence-electron chi connectivity index (χ0n) is 18.2. The van der Waals surface area contributed by atoms with Crippen molar-refractivity contribution < 1.29 is 18.3 Å². The summed E-state index contributed by atoms with van der Waals surface area (Å²) in [6, 6.07) is 19.7. The fourth-order valence-corrected chi connectivity index (χ4v) is 5.46. The number of hydrogen-bond acceptors (Lipinski definition) is 5. The van der Waals surface area contributed by atoms with Gasteiger partial charge in [-0.25, -0.2) is 8.42 Å². The first kappa shape index (κ1) is 23.4. The minimum absolute atomic E-state index is 0.0640. The van der Waals surface area contributed by atoms with Gasteiger partial charge in [0.15, 0.2) is 0 Å². The molecule has 0 aliphatic carbocycles. The van der Waals surface area contributed by atoms with E-state index in [0.29, 0.717) is 28.6 Å². The summed E-state index contributed by atoms with van der Waals surface area (Å²) in [6.07, 6.45) is 2.48. The van der Waals surface area contributed by atoms with Gasteiger partial charge >= 0.3 is 0 Å². The second-order valence-electron chi connectivity index (χ2n) is 8.03. The van der Waals surface area contributed by atoms with Crippen LogP contribution in [0.1, 0.15) is 18.4 Å². The lowest BCUT2D eigenvalue weighted by Crippen LogP contribution is -2.30. The number of hydrogen-bond donors (Lipinski definition) is 1. The Hall–Kier alpha value is -2.74. The fourth-order valence-electron chi connectivity index (χ4n) is 3.88. The number of nitrogens with zero attached hydrogens (tertiary/aromatic N) is 2. The Morgan fingerprint density at radius 1 is 0.970 bits per heavy atom. The van der Waals surface area contributed by atoms with Crippen molar-refractivity contribution in [1.29, 1.82) is 0 Å². The molecule has 0 amide bonds. The third kappa shape index (κ3) is 5.99. The predicted octanol–water partition coefficient (Wildman–Crippen LogP) is 4.92. The topological polar surface area (TPSA) is 70.1 Å². The molecule has 1 aliphatic heterocycles. The normalized spacial score (nSPS) is 14.3. The lowest BCUT2D eigenvalue weighted by atomic mass is 10.2. The molecule has 1 aliphatic rings. The third-order valence-corrected chi connectivity index (χ3v) is 7.68. The second-order valence-corrected chi connectivity index (χ2v) is 10.3. The maximum absolute atomic E-state index is 13.5. The van der Waals surface area contributed by atoms with Crippen LogP contribution in [0.15, 0.2) is 77.7 Å². The van der Waals surface area contributed by atoms with Crippen LogP contribution in [0.2, 0.25) is 5.02 Å². The first-order chi connectivity index (χ1) is 15.9. The smallest absolute Gasteiger partial charge is 0.264 e. The average Bonchev–Trinajstić information content (AvgIpc) is 3.32. The van der Waals surface area contributed by atoms with Crippen LogP contribution in [-0.2, 0) is 16.6 Å². The van der Waals surface area contributed by atoms with Crippen molar-refractivity contribution in [3.63, 3.8) is 0 Å². The molecule has 3 aromatic carbocycles. The van der Waals surface area contributed by atoms with E-state index in [2.05, 4.69) is 4.90 Å². The van der Waals surface area contributed by atoms with Crippen molar-refractivity contribution in [2.45, 2.75) is 24.3 Å². The molecule has 4 rings (SSSR count). The van der Waals surface area contributed by atoms with Gasteiger partial charge in [-0.2, -0.15) is 0 Å². The maximum atomic E-state index is 13.5. The van der Waals surface area contributed by atoms with Gasteiger partial charge < -0.3 is 9.84 Å². The number of anilines is 1. The molecular weight excluding hydrogens is 460 g/mol. The van der Waals surface area contributed by atoms with Gasteiger partial charge in [0.2, 0.25) is 0 Å². The van der Waals surface area contributed by atoms with Crippen LogP contribution in [0, 0.1) is 0 Å². The summed E-state index contributed by atoms with van der Waals surface area (Å²) in [7, 11) is -3.88. The lowest BCUT2D eigenvalue weighted by Gasteiger charge is -2.25. The highest BCUT2D eigenvalue weighted by Gasteiger charge is 2.25. The Labute approximate surface area is 200 Å². The van der Waals surface area contributed by atoms with Gasteiger partial charge in [-0.15, -0.1) is 0 Å². The number of rotatable bonds is 9. The molecule has 33 heavy (non-hydrogen) atoms. The van der Waals surface area contributed by atoms with E-state index in [4.69, 9.17) is 16.3 Å². The number of phenolic OH excluding ortho intramolecular Hbond substituents is 1. The molecule has 8 heteroatoms. The summed E-state index contributed by atoms with van der Waals surface area (Å²) in [6.45, 7) is 3.78. The zero-order chi connectivity index (χ0) is 23.3.